The van der Waals surface area contributed by atoms with Gasteiger partial charge >= 0.3 is 5.97 Å². The molecule has 0 saturated carbocycles. The molecule has 0 radical (unpaired) electrons. The fourth-order valence-corrected chi connectivity index (χ4v) is 6.56. The van der Waals surface area contributed by atoms with Crippen molar-refractivity contribution in [1.29, 1.82) is 0 Å². The van der Waals surface area contributed by atoms with E-state index in [0.29, 0.717) is 23.0 Å². The number of hydrogen-bond acceptors (Lipinski definition) is 9. The molecule has 0 bridgehead atoms. The van der Waals surface area contributed by atoms with E-state index in [9.17, 15) is 14.4 Å². The van der Waals surface area contributed by atoms with Crippen LogP contribution in [0.15, 0.2) is 45.1 Å². The van der Waals surface area contributed by atoms with Crippen molar-refractivity contribution in [2.45, 2.75) is 23.1 Å². The number of rotatable bonds is 5. The van der Waals surface area contributed by atoms with E-state index in [4.69, 9.17) is 10.6 Å². The zero-order valence-electron chi connectivity index (χ0n) is 15.3. The Hall–Kier alpha value is -1.77. The minimum atomic E-state index is -0.757. The Balaban J connectivity index is 1.50. The van der Waals surface area contributed by atoms with E-state index in [0.717, 1.165) is 13.4 Å². The largest absolute Gasteiger partial charge is 0.380 e. The molecule has 8 nitrogen and oxygen atoms in total. The first-order valence-electron chi connectivity index (χ1n) is 8.71. The van der Waals surface area contributed by atoms with E-state index in [2.05, 4.69) is 33.1 Å². The monoisotopic (exact) mass is 574 g/mol. The Bertz CT molecular complexity index is 1060. The number of thiazole rings is 1. The fraction of sp³-hybridized carbons (Fsp3) is 0.222. The number of nitrogens with one attached hydrogen (secondary N) is 1. The number of fused-ring (bicyclic) bond motifs is 1. The lowest BCUT2D eigenvalue weighted by Crippen LogP contribution is -2.54. The molecule has 4 rings (SSSR count). The molecule has 0 unspecified atom stereocenters. The lowest BCUT2D eigenvalue weighted by molar-refractivity contribution is -0.158. The average molecular weight is 574 g/mol. The minimum Gasteiger partial charge on any atom is -0.375 e. The Morgan fingerprint density at radius 3 is 2.90 bits per heavy atom. The number of hydroxylamine groups is 1. The number of nitrogens with zero attached hydrogens (tertiary/aromatic N) is 2. The van der Waals surface area contributed by atoms with Crippen molar-refractivity contribution < 1.29 is 19.2 Å². The van der Waals surface area contributed by atoms with E-state index >= 15 is 0 Å². The molecule has 2 aliphatic heterocycles. The van der Waals surface area contributed by atoms with Crippen LogP contribution < -0.4 is 11.2 Å². The molecule has 0 spiro atoms. The van der Waals surface area contributed by atoms with Gasteiger partial charge in [0.2, 0.25) is 5.91 Å². The molecule has 1 saturated heterocycles. The molecule has 30 heavy (non-hydrogen) atoms. The van der Waals surface area contributed by atoms with Gasteiger partial charge in [0.05, 0.1) is 23.9 Å². The van der Waals surface area contributed by atoms with Crippen molar-refractivity contribution in [3.05, 3.63) is 49.5 Å². The average Bonchev–Trinajstić information content (AvgIpc) is 3.12. The smallest absolute Gasteiger partial charge is 0.375 e. The molecule has 1 atom stereocenters. The number of carbonyl (C=O) groups excluding carboxylic acids is 3. The molecule has 1 aromatic carbocycles. The van der Waals surface area contributed by atoms with E-state index < -0.39 is 11.9 Å². The van der Waals surface area contributed by atoms with Gasteiger partial charge in [-0.05, 0) is 34.7 Å². The van der Waals surface area contributed by atoms with Crippen LogP contribution in [-0.2, 0) is 25.6 Å². The van der Waals surface area contributed by atoms with Crippen LogP contribution in [0.4, 0.5) is 5.13 Å². The molecule has 0 aliphatic carbocycles. The first kappa shape index (κ1) is 21.5. The van der Waals surface area contributed by atoms with E-state index in [1.54, 1.807) is 17.1 Å². The normalized spacial score (nSPS) is 18.0. The summed E-state index contributed by atoms with van der Waals surface area (Å²) < 4.78 is 1.04. The van der Waals surface area contributed by atoms with Gasteiger partial charge < -0.3 is 10.6 Å². The van der Waals surface area contributed by atoms with Gasteiger partial charge in [0.15, 0.2) is 5.13 Å². The summed E-state index contributed by atoms with van der Waals surface area (Å²) in [7, 11) is 0. The molecule has 2 amide bonds. The standard InChI is InChI=1S/C18H15IN4O4S3/c19-10-3-1-2-4-11(10)30-12-8-28-15-6-14(25)23(15)16(12)17(26)27-22-13(24)5-9-7-29-18(20)21-9/h1-4,7,15H,5-6,8H2,(H2,20,21)(H,22,24)/t15-/m0/s1. The van der Waals surface area contributed by atoms with Gasteiger partial charge in [0.1, 0.15) is 5.70 Å². The molecule has 3 heterocycles. The van der Waals surface area contributed by atoms with Gasteiger partial charge in [-0.3, -0.25) is 14.5 Å². The van der Waals surface area contributed by atoms with Crippen molar-refractivity contribution >= 4 is 80.4 Å². The van der Waals surface area contributed by atoms with Crippen LogP contribution in [-0.4, -0.2) is 38.8 Å². The van der Waals surface area contributed by atoms with Gasteiger partial charge in [-0.15, -0.1) is 23.1 Å². The van der Waals surface area contributed by atoms with Crippen molar-refractivity contribution in [3.8, 4) is 0 Å². The number of anilines is 1. The third-order valence-corrected chi connectivity index (χ3v) is 8.84. The van der Waals surface area contributed by atoms with Gasteiger partial charge in [0, 0.05) is 24.5 Å². The first-order valence-corrected chi connectivity index (χ1v) is 12.5. The van der Waals surface area contributed by atoms with E-state index in [1.165, 1.54) is 28.0 Å². The third-order valence-electron chi connectivity index (χ3n) is 4.25. The summed E-state index contributed by atoms with van der Waals surface area (Å²) in [4.78, 5) is 49.3. The first-order chi connectivity index (χ1) is 14.4. The quantitative estimate of drug-likeness (QED) is 0.319. The zero-order valence-corrected chi connectivity index (χ0v) is 19.9. The van der Waals surface area contributed by atoms with Crippen molar-refractivity contribution in [2.75, 3.05) is 11.5 Å². The summed E-state index contributed by atoms with van der Waals surface area (Å²) in [6, 6.07) is 7.78. The molecule has 3 N–H and O–H groups in total. The minimum absolute atomic E-state index is 0.0645. The molecular formula is C18H15IN4O4S3. The number of carbonyl (C=O) groups is 3. The number of hydrogen-bond donors (Lipinski definition) is 2. The second-order valence-corrected chi connectivity index (χ2v) is 10.7. The van der Waals surface area contributed by atoms with Crippen LogP contribution in [0.3, 0.4) is 0 Å². The maximum Gasteiger partial charge on any atom is 0.380 e. The fourth-order valence-electron chi connectivity index (χ4n) is 2.87. The van der Waals surface area contributed by atoms with Crippen LogP contribution in [0.1, 0.15) is 12.1 Å². The topological polar surface area (TPSA) is 115 Å². The zero-order chi connectivity index (χ0) is 21.3. The number of benzene rings is 1. The second-order valence-electron chi connectivity index (χ2n) is 6.31. The Morgan fingerprint density at radius 1 is 1.40 bits per heavy atom. The van der Waals surface area contributed by atoms with Crippen molar-refractivity contribution in [3.63, 3.8) is 0 Å². The predicted molar refractivity (Wildman–Crippen MR) is 124 cm³/mol. The highest BCUT2D eigenvalue weighted by molar-refractivity contribution is 14.1. The number of amides is 2. The molecular weight excluding hydrogens is 559 g/mol. The Labute approximate surface area is 198 Å². The molecule has 12 heteroatoms. The lowest BCUT2D eigenvalue weighted by atomic mass is 10.1. The molecule has 2 aromatic rings. The maximum atomic E-state index is 12.8. The summed E-state index contributed by atoms with van der Waals surface area (Å²) in [5.41, 5.74) is 8.39. The highest BCUT2D eigenvalue weighted by Crippen LogP contribution is 2.45. The molecule has 1 aromatic heterocycles. The predicted octanol–water partition coefficient (Wildman–Crippen LogP) is 2.76. The van der Waals surface area contributed by atoms with Crippen LogP contribution >= 0.6 is 57.5 Å². The van der Waals surface area contributed by atoms with Crippen LogP contribution in [0, 0.1) is 3.57 Å². The SMILES string of the molecule is Nc1nc(CC(=O)NOC(=O)C2=C(Sc3ccccc3I)CS[C@H]3CC(=O)N23)cs1. The summed E-state index contributed by atoms with van der Waals surface area (Å²) in [6.07, 6.45) is 0.324. The third kappa shape index (κ3) is 4.60. The van der Waals surface area contributed by atoms with Crippen molar-refractivity contribution in [1.82, 2.24) is 15.4 Å². The summed E-state index contributed by atoms with van der Waals surface area (Å²) in [5, 5.41) is 1.95. The maximum absolute atomic E-state index is 12.8. The Kier molecular flexibility index (Phi) is 6.55. The molecule has 1 fully saturated rings. The number of halogens is 1. The lowest BCUT2D eigenvalue weighted by Gasteiger charge is -2.44. The van der Waals surface area contributed by atoms with E-state index in [-0.39, 0.29) is 23.4 Å². The number of nitrogens with two attached hydrogens (primary N) is 1. The summed E-state index contributed by atoms with van der Waals surface area (Å²) in [6.45, 7) is 0. The highest BCUT2D eigenvalue weighted by Gasteiger charge is 2.46. The van der Waals surface area contributed by atoms with Gasteiger partial charge in [-0.2, -0.15) is 5.48 Å². The van der Waals surface area contributed by atoms with E-state index in [1.807, 2.05) is 24.3 Å². The van der Waals surface area contributed by atoms with Gasteiger partial charge in [0.25, 0.3) is 5.91 Å². The summed E-state index contributed by atoms with van der Waals surface area (Å²) >= 11 is 6.49. The Morgan fingerprint density at radius 2 is 2.20 bits per heavy atom. The van der Waals surface area contributed by atoms with Gasteiger partial charge in [-0.25, -0.2) is 9.78 Å². The van der Waals surface area contributed by atoms with Crippen LogP contribution in [0.2, 0.25) is 0 Å². The second kappa shape index (κ2) is 9.16. The van der Waals surface area contributed by atoms with Crippen LogP contribution in [0.5, 0.6) is 0 Å². The van der Waals surface area contributed by atoms with Crippen LogP contribution in [0.25, 0.3) is 0 Å². The van der Waals surface area contributed by atoms with Crippen molar-refractivity contribution in [2.24, 2.45) is 0 Å². The number of nitrogen functional groups attached to an aromatic ring is 1. The summed E-state index contributed by atoms with van der Waals surface area (Å²) in [5.74, 6) is -0.837. The highest BCUT2D eigenvalue weighted by atomic mass is 127. The number of β-lactam (4-membered cyclic amide) rings is 1. The number of aromatic nitrogens is 1. The number of thioether (sulfide) groups is 2. The molecule has 156 valence electrons. The van der Waals surface area contributed by atoms with Gasteiger partial charge in [-0.1, -0.05) is 23.9 Å². The molecule has 2 aliphatic rings.